The normalized spacial score (nSPS) is 20.1. The van der Waals surface area contributed by atoms with Gasteiger partial charge in [-0.05, 0) is 66.4 Å². The van der Waals surface area contributed by atoms with Crippen molar-refractivity contribution in [3.63, 3.8) is 0 Å². The summed E-state index contributed by atoms with van der Waals surface area (Å²) in [6.07, 6.45) is 6.68. The van der Waals surface area contributed by atoms with E-state index in [9.17, 15) is 9.59 Å². The highest BCUT2D eigenvalue weighted by Crippen LogP contribution is 2.45. The second kappa shape index (κ2) is 11.1. The van der Waals surface area contributed by atoms with Gasteiger partial charge in [0.2, 0.25) is 5.91 Å². The Labute approximate surface area is 218 Å². The van der Waals surface area contributed by atoms with Gasteiger partial charge in [0.25, 0.3) is 5.91 Å². The number of rotatable bonds is 6. The largest absolute Gasteiger partial charge is 0.497 e. The summed E-state index contributed by atoms with van der Waals surface area (Å²) in [5.74, 6) is 0.706. The van der Waals surface area contributed by atoms with Gasteiger partial charge < -0.3 is 14.8 Å². The molecule has 0 saturated heterocycles. The Kier molecular flexibility index (Phi) is 7.45. The second-order valence-corrected chi connectivity index (χ2v) is 9.85. The number of fused-ring (bicyclic) bond motifs is 1. The van der Waals surface area contributed by atoms with E-state index in [2.05, 4.69) is 5.32 Å². The van der Waals surface area contributed by atoms with E-state index in [4.69, 9.17) is 9.47 Å². The smallest absolute Gasteiger partial charge is 0.259 e. The number of carbonyl (C=O) groups is 2. The third kappa shape index (κ3) is 5.06. The molecule has 0 unspecified atom stereocenters. The summed E-state index contributed by atoms with van der Waals surface area (Å²) in [5.41, 5.74) is 2.92. The molecule has 3 aromatic carbocycles. The molecule has 1 aliphatic heterocycles. The van der Waals surface area contributed by atoms with E-state index in [-0.39, 0.29) is 17.9 Å². The molecule has 0 bridgehead atoms. The van der Waals surface area contributed by atoms with Crippen molar-refractivity contribution in [2.45, 2.75) is 56.5 Å². The average Bonchev–Trinajstić information content (AvgIpc) is 3.21. The first-order chi connectivity index (χ1) is 18.1. The van der Waals surface area contributed by atoms with Crippen LogP contribution >= 0.6 is 0 Å². The molecule has 2 aliphatic rings. The van der Waals surface area contributed by atoms with Crippen LogP contribution in [0.4, 0.5) is 5.69 Å². The first kappa shape index (κ1) is 24.9. The van der Waals surface area contributed by atoms with Gasteiger partial charge in [-0.2, -0.15) is 0 Å². The van der Waals surface area contributed by atoms with Gasteiger partial charge in [0, 0.05) is 17.3 Å². The molecule has 1 N–H and O–H groups in total. The number of benzene rings is 3. The number of hydrogen-bond acceptors (Lipinski definition) is 4. The van der Waals surface area contributed by atoms with Crippen molar-refractivity contribution in [2.75, 3.05) is 19.1 Å². The standard InChI is InChI=1S/C31H34N2O4/c1-36-24-17-13-21(14-18-24)29-28(30(34)32-22-9-5-3-4-6-10-22)26-11-7-8-12-27(26)31(35)33(29)23-15-19-25(37-2)20-16-23/h7-8,11-20,22,28-29H,3-6,9-10H2,1-2H3,(H,32,34)/t28-,29+/m0/s1. The van der Waals surface area contributed by atoms with Crippen LogP contribution in [0.5, 0.6) is 11.5 Å². The van der Waals surface area contributed by atoms with Gasteiger partial charge in [0.15, 0.2) is 0 Å². The molecule has 1 saturated carbocycles. The maximum absolute atomic E-state index is 14.1. The molecule has 2 atom stereocenters. The number of methoxy groups -OCH3 is 2. The zero-order valence-corrected chi connectivity index (χ0v) is 21.5. The van der Waals surface area contributed by atoms with Crippen molar-refractivity contribution in [2.24, 2.45) is 0 Å². The lowest BCUT2D eigenvalue weighted by Crippen LogP contribution is -2.49. The Morgan fingerprint density at radius 3 is 2.03 bits per heavy atom. The maximum Gasteiger partial charge on any atom is 0.259 e. The fraction of sp³-hybridized carbons (Fsp3) is 0.355. The number of amides is 2. The molecule has 1 heterocycles. The molecular weight excluding hydrogens is 464 g/mol. The molecule has 192 valence electrons. The monoisotopic (exact) mass is 498 g/mol. The fourth-order valence-electron chi connectivity index (χ4n) is 5.70. The quantitative estimate of drug-likeness (QED) is 0.422. The van der Waals surface area contributed by atoms with Gasteiger partial charge in [-0.25, -0.2) is 0 Å². The van der Waals surface area contributed by atoms with Crippen molar-refractivity contribution in [3.05, 3.63) is 89.5 Å². The Morgan fingerprint density at radius 1 is 0.811 bits per heavy atom. The Hall–Kier alpha value is -3.80. The molecule has 0 spiro atoms. The van der Waals surface area contributed by atoms with Crippen LogP contribution in [0, 0.1) is 0 Å². The molecule has 0 radical (unpaired) electrons. The van der Waals surface area contributed by atoms with Gasteiger partial charge in [-0.3, -0.25) is 14.5 Å². The van der Waals surface area contributed by atoms with E-state index in [1.54, 1.807) is 19.1 Å². The molecule has 6 heteroatoms. The molecule has 1 aliphatic carbocycles. The predicted molar refractivity (Wildman–Crippen MR) is 144 cm³/mol. The number of nitrogens with zero attached hydrogens (tertiary/aromatic N) is 1. The maximum atomic E-state index is 14.1. The van der Waals surface area contributed by atoms with Crippen LogP contribution in [0.2, 0.25) is 0 Å². The zero-order valence-electron chi connectivity index (χ0n) is 21.5. The molecule has 0 aromatic heterocycles. The van der Waals surface area contributed by atoms with E-state index in [1.165, 1.54) is 12.8 Å². The minimum atomic E-state index is -0.562. The van der Waals surface area contributed by atoms with Crippen LogP contribution in [0.3, 0.4) is 0 Å². The molecule has 3 aromatic rings. The van der Waals surface area contributed by atoms with Crippen LogP contribution in [0.1, 0.15) is 72.0 Å². The van der Waals surface area contributed by atoms with Crippen molar-refractivity contribution in [1.29, 1.82) is 0 Å². The summed E-state index contributed by atoms with van der Waals surface area (Å²) in [5, 5.41) is 3.38. The summed E-state index contributed by atoms with van der Waals surface area (Å²) >= 11 is 0. The third-order valence-electron chi connectivity index (χ3n) is 7.63. The van der Waals surface area contributed by atoms with Crippen LogP contribution < -0.4 is 19.7 Å². The first-order valence-electron chi connectivity index (χ1n) is 13.1. The average molecular weight is 499 g/mol. The van der Waals surface area contributed by atoms with Crippen LogP contribution in [0.15, 0.2) is 72.8 Å². The van der Waals surface area contributed by atoms with E-state index >= 15 is 0 Å². The van der Waals surface area contributed by atoms with Crippen LogP contribution in [-0.4, -0.2) is 32.1 Å². The molecule has 1 fully saturated rings. The van der Waals surface area contributed by atoms with Gasteiger partial charge in [-0.15, -0.1) is 0 Å². The predicted octanol–water partition coefficient (Wildman–Crippen LogP) is 6.03. The van der Waals surface area contributed by atoms with Gasteiger partial charge in [0.05, 0.1) is 26.2 Å². The van der Waals surface area contributed by atoms with Crippen molar-refractivity contribution in [3.8, 4) is 11.5 Å². The zero-order chi connectivity index (χ0) is 25.8. The van der Waals surface area contributed by atoms with Crippen LogP contribution in [0.25, 0.3) is 0 Å². The SMILES string of the molecule is COc1ccc([C@@H]2[C@@H](C(=O)NC3CCCCCC3)c3ccccc3C(=O)N2c2ccc(OC)cc2)cc1. The topological polar surface area (TPSA) is 67.9 Å². The highest BCUT2D eigenvalue weighted by Gasteiger charge is 2.45. The van der Waals surface area contributed by atoms with Crippen LogP contribution in [-0.2, 0) is 4.79 Å². The lowest BCUT2D eigenvalue weighted by molar-refractivity contribution is -0.124. The molecule has 2 amide bonds. The van der Waals surface area contributed by atoms with Crippen molar-refractivity contribution < 1.29 is 19.1 Å². The number of ether oxygens (including phenoxy) is 2. The molecule has 37 heavy (non-hydrogen) atoms. The van der Waals surface area contributed by atoms with E-state index in [0.717, 1.165) is 42.6 Å². The first-order valence-corrected chi connectivity index (χ1v) is 13.1. The second-order valence-electron chi connectivity index (χ2n) is 9.85. The number of hydrogen-bond donors (Lipinski definition) is 1. The van der Waals surface area contributed by atoms with E-state index < -0.39 is 12.0 Å². The Bertz CT molecular complexity index is 1230. The summed E-state index contributed by atoms with van der Waals surface area (Å²) in [6.45, 7) is 0. The Balaban J connectivity index is 1.63. The molecule has 6 nitrogen and oxygen atoms in total. The van der Waals surface area contributed by atoms with Crippen molar-refractivity contribution in [1.82, 2.24) is 5.32 Å². The van der Waals surface area contributed by atoms with Gasteiger partial charge in [-0.1, -0.05) is 56.0 Å². The lowest BCUT2D eigenvalue weighted by Gasteiger charge is -2.42. The summed E-state index contributed by atoms with van der Waals surface area (Å²) in [7, 11) is 3.24. The van der Waals surface area contributed by atoms with Gasteiger partial charge >= 0.3 is 0 Å². The summed E-state index contributed by atoms with van der Waals surface area (Å²) in [4.78, 5) is 29.9. The highest BCUT2D eigenvalue weighted by molar-refractivity contribution is 6.11. The number of nitrogens with one attached hydrogen (secondary N) is 1. The minimum Gasteiger partial charge on any atom is -0.497 e. The fourth-order valence-corrected chi connectivity index (χ4v) is 5.70. The lowest BCUT2D eigenvalue weighted by atomic mass is 9.78. The third-order valence-corrected chi connectivity index (χ3v) is 7.63. The van der Waals surface area contributed by atoms with Crippen molar-refractivity contribution >= 4 is 17.5 Å². The summed E-state index contributed by atoms with van der Waals surface area (Å²) < 4.78 is 10.7. The number of anilines is 1. The van der Waals surface area contributed by atoms with E-state index in [1.807, 2.05) is 72.8 Å². The highest BCUT2D eigenvalue weighted by atomic mass is 16.5. The molecule has 5 rings (SSSR count). The summed E-state index contributed by atoms with van der Waals surface area (Å²) in [6, 6.07) is 22.3. The number of carbonyl (C=O) groups excluding carboxylic acids is 2. The van der Waals surface area contributed by atoms with E-state index in [0.29, 0.717) is 17.0 Å². The molecular formula is C31H34N2O4. The van der Waals surface area contributed by atoms with Gasteiger partial charge in [0.1, 0.15) is 11.5 Å². The Morgan fingerprint density at radius 2 is 1.41 bits per heavy atom. The minimum absolute atomic E-state index is 0.0359.